The van der Waals surface area contributed by atoms with Crippen LogP contribution in [-0.4, -0.2) is 40.7 Å². The minimum Gasteiger partial charge on any atom is -0.459 e. The van der Waals surface area contributed by atoms with Crippen LogP contribution in [0.4, 0.5) is 0 Å². The van der Waals surface area contributed by atoms with Gasteiger partial charge in [0.25, 0.3) is 0 Å². The van der Waals surface area contributed by atoms with Crippen LogP contribution in [0.1, 0.15) is 95.9 Å². The number of nitrogens with zero attached hydrogens (tertiary/aromatic N) is 2. The molecule has 7 heteroatoms. The van der Waals surface area contributed by atoms with Crippen molar-refractivity contribution in [2.45, 2.75) is 83.5 Å². The van der Waals surface area contributed by atoms with E-state index in [0.29, 0.717) is 23.4 Å². The Hall–Kier alpha value is -3.58. The molecule has 0 radical (unpaired) electrons. The number of ether oxygens (including phenoxy) is 3. The van der Waals surface area contributed by atoms with Gasteiger partial charge >= 0.3 is 11.9 Å². The number of esters is 2. The molecular weight excluding hydrogens is 492 g/mol. The molecule has 39 heavy (non-hydrogen) atoms. The third kappa shape index (κ3) is 8.45. The number of carbonyl (C=O) groups is 2. The molecule has 2 aromatic carbocycles. The fourth-order valence-corrected chi connectivity index (χ4v) is 4.81. The largest absolute Gasteiger partial charge is 0.459 e. The van der Waals surface area contributed by atoms with Gasteiger partial charge in [0.1, 0.15) is 30.7 Å². The summed E-state index contributed by atoms with van der Waals surface area (Å²) in [7, 11) is 0. The van der Waals surface area contributed by atoms with Gasteiger partial charge in [0.2, 0.25) is 0 Å². The van der Waals surface area contributed by atoms with Crippen molar-refractivity contribution in [2.75, 3.05) is 6.61 Å². The van der Waals surface area contributed by atoms with Crippen molar-refractivity contribution in [2.24, 2.45) is 0 Å². The second-order valence-corrected chi connectivity index (χ2v) is 10.0. The first-order valence-corrected chi connectivity index (χ1v) is 14.0. The molecule has 1 fully saturated rings. The first-order chi connectivity index (χ1) is 19.0. The standard InChI is InChI=1S/C32H38N2O5/c1-3-4-5-6-7-14-19-26-20-27(34-23(2)33-26)28-21-29(39-32(36)25-17-12-9-13-18-25)30(38-28)22-37-31(35)24-15-10-8-11-16-24/h8-13,15-18,20,28-30H,3-7,14,19,21-22H2,1-2H3/t28-,29+,30-/m1/s1. The maximum atomic E-state index is 12.9. The average molecular weight is 531 g/mol. The van der Waals surface area contributed by atoms with Gasteiger partial charge in [-0.05, 0) is 50.1 Å². The van der Waals surface area contributed by atoms with Crippen LogP contribution in [0.3, 0.4) is 0 Å². The van der Waals surface area contributed by atoms with E-state index in [1.807, 2.05) is 25.1 Å². The second kappa shape index (κ2) is 14.5. The number of benzene rings is 2. The molecule has 0 aliphatic carbocycles. The molecule has 0 unspecified atom stereocenters. The minimum absolute atomic E-state index is 0.0361. The third-order valence-corrected chi connectivity index (χ3v) is 6.88. The van der Waals surface area contributed by atoms with Crippen LogP contribution >= 0.6 is 0 Å². The molecule has 0 amide bonds. The van der Waals surface area contributed by atoms with Crippen molar-refractivity contribution in [1.82, 2.24) is 9.97 Å². The van der Waals surface area contributed by atoms with Crippen molar-refractivity contribution in [3.63, 3.8) is 0 Å². The summed E-state index contributed by atoms with van der Waals surface area (Å²) in [6.45, 7) is 4.07. The number of aromatic nitrogens is 2. The Morgan fingerprint density at radius 3 is 2.21 bits per heavy atom. The molecule has 0 spiro atoms. The highest BCUT2D eigenvalue weighted by Crippen LogP contribution is 2.35. The van der Waals surface area contributed by atoms with Crippen molar-refractivity contribution >= 4 is 11.9 Å². The lowest BCUT2D eigenvalue weighted by atomic mass is 10.1. The highest BCUT2D eigenvalue weighted by Gasteiger charge is 2.40. The third-order valence-electron chi connectivity index (χ3n) is 6.88. The van der Waals surface area contributed by atoms with Gasteiger partial charge < -0.3 is 14.2 Å². The number of hydrogen-bond donors (Lipinski definition) is 0. The molecule has 0 saturated carbocycles. The Kier molecular flexibility index (Phi) is 10.6. The predicted octanol–water partition coefficient (Wildman–Crippen LogP) is 6.60. The SMILES string of the molecule is CCCCCCCCc1cc([C@H]2C[C@H](OC(=O)c3ccccc3)[C@@H](COC(=O)c3ccccc3)O2)nc(C)n1. The number of hydrogen-bond acceptors (Lipinski definition) is 7. The zero-order valence-corrected chi connectivity index (χ0v) is 22.9. The van der Waals surface area contributed by atoms with E-state index in [1.54, 1.807) is 48.5 Å². The monoisotopic (exact) mass is 530 g/mol. The van der Waals surface area contributed by atoms with Crippen LogP contribution in [0.25, 0.3) is 0 Å². The van der Waals surface area contributed by atoms with Gasteiger partial charge in [-0.15, -0.1) is 0 Å². The summed E-state index contributed by atoms with van der Waals surface area (Å²) in [6, 6.07) is 19.6. The molecule has 7 nitrogen and oxygen atoms in total. The number of carbonyl (C=O) groups excluding carboxylic acids is 2. The van der Waals surface area contributed by atoms with E-state index in [4.69, 9.17) is 14.2 Å². The van der Waals surface area contributed by atoms with Gasteiger partial charge in [0.15, 0.2) is 0 Å². The van der Waals surface area contributed by atoms with Gasteiger partial charge in [0.05, 0.1) is 16.8 Å². The molecule has 1 aromatic heterocycles. The average Bonchev–Trinajstić information content (AvgIpc) is 3.36. The quantitative estimate of drug-likeness (QED) is 0.182. The van der Waals surface area contributed by atoms with Crippen LogP contribution in [0, 0.1) is 6.92 Å². The van der Waals surface area contributed by atoms with Gasteiger partial charge in [0, 0.05) is 12.1 Å². The van der Waals surface area contributed by atoms with E-state index in [2.05, 4.69) is 16.9 Å². The Bertz CT molecular complexity index is 1200. The molecule has 3 atom stereocenters. The van der Waals surface area contributed by atoms with Crippen LogP contribution in [-0.2, 0) is 20.6 Å². The molecule has 1 aliphatic heterocycles. The Labute approximate surface area is 230 Å². The van der Waals surface area contributed by atoms with Gasteiger partial charge in [-0.2, -0.15) is 0 Å². The summed E-state index contributed by atoms with van der Waals surface area (Å²) in [6.07, 6.45) is 7.01. The van der Waals surface area contributed by atoms with Gasteiger partial charge in [-0.3, -0.25) is 0 Å². The van der Waals surface area contributed by atoms with E-state index >= 15 is 0 Å². The van der Waals surface area contributed by atoms with Crippen LogP contribution in [0.15, 0.2) is 66.7 Å². The summed E-state index contributed by atoms with van der Waals surface area (Å²) in [4.78, 5) is 34.7. The van der Waals surface area contributed by atoms with Crippen molar-refractivity contribution < 1.29 is 23.8 Å². The molecule has 1 aliphatic rings. The van der Waals surface area contributed by atoms with Crippen LogP contribution in [0.5, 0.6) is 0 Å². The number of unbranched alkanes of at least 4 members (excludes halogenated alkanes) is 5. The predicted molar refractivity (Wildman–Crippen MR) is 148 cm³/mol. The molecular formula is C32H38N2O5. The fourth-order valence-electron chi connectivity index (χ4n) is 4.81. The summed E-state index contributed by atoms with van der Waals surface area (Å²) in [5.74, 6) is -0.198. The topological polar surface area (TPSA) is 87.6 Å². The molecule has 206 valence electrons. The zero-order valence-electron chi connectivity index (χ0n) is 22.9. The maximum absolute atomic E-state index is 12.9. The molecule has 0 N–H and O–H groups in total. The van der Waals surface area contributed by atoms with Crippen LogP contribution < -0.4 is 0 Å². The summed E-state index contributed by atoms with van der Waals surface area (Å²) in [5, 5.41) is 0. The van der Waals surface area contributed by atoms with Gasteiger partial charge in [-0.25, -0.2) is 19.6 Å². The highest BCUT2D eigenvalue weighted by atomic mass is 16.6. The normalized spacial score (nSPS) is 18.6. The van der Waals surface area contributed by atoms with Gasteiger partial charge in [-0.1, -0.05) is 75.4 Å². The maximum Gasteiger partial charge on any atom is 0.338 e. The summed E-state index contributed by atoms with van der Waals surface area (Å²) >= 11 is 0. The number of aryl methyl sites for hydroxylation is 2. The zero-order chi connectivity index (χ0) is 27.5. The lowest BCUT2D eigenvalue weighted by Gasteiger charge is -2.19. The van der Waals surface area contributed by atoms with E-state index < -0.39 is 30.3 Å². The van der Waals surface area contributed by atoms with E-state index in [1.165, 1.54) is 32.1 Å². The van der Waals surface area contributed by atoms with E-state index in [9.17, 15) is 9.59 Å². The Morgan fingerprint density at radius 1 is 0.872 bits per heavy atom. The lowest BCUT2D eigenvalue weighted by Crippen LogP contribution is -2.32. The smallest absolute Gasteiger partial charge is 0.338 e. The summed E-state index contributed by atoms with van der Waals surface area (Å²) in [5.41, 5.74) is 2.67. The summed E-state index contributed by atoms with van der Waals surface area (Å²) < 4.78 is 17.8. The van der Waals surface area contributed by atoms with Crippen molar-refractivity contribution in [3.8, 4) is 0 Å². The van der Waals surface area contributed by atoms with E-state index in [0.717, 1.165) is 24.2 Å². The number of rotatable bonds is 13. The van der Waals surface area contributed by atoms with Crippen LogP contribution in [0.2, 0.25) is 0 Å². The lowest BCUT2D eigenvalue weighted by molar-refractivity contribution is -0.0433. The minimum atomic E-state index is -0.618. The van der Waals surface area contributed by atoms with Crippen molar-refractivity contribution in [1.29, 1.82) is 0 Å². The molecule has 1 saturated heterocycles. The van der Waals surface area contributed by atoms with E-state index in [-0.39, 0.29) is 6.61 Å². The first kappa shape index (κ1) is 28.4. The molecule has 2 heterocycles. The fraction of sp³-hybridized carbons (Fsp3) is 0.438. The second-order valence-electron chi connectivity index (χ2n) is 10.0. The molecule has 4 rings (SSSR count). The van der Waals surface area contributed by atoms with Crippen molar-refractivity contribution in [3.05, 3.63) is 95.1 Å². The highest BCUT2D eigenvalue weighted by molar-refractivity contribution is 5.90. The Balaban J connectivity index is 1.44. The molecule has 3 aromatic rings. The first-order valence-electron chi connectivity index (χ1n) is 14.0. The molecule has 0 bridgehead atoms. The Morgan fingerprint density at radius 2 is 1.51 bits per heavy atom.